The molecule has 1 amide bonds. The summed E-state index contributed by atoms with van der Waals surface area (Å²) in [6.45, 7) is 1.15. The Morgan fingerprint density at radius 3 is 2.42 bits per heavy atom. The number of benzene rings is 2. The molecule has 0 aliphatic heterocycles. The van der Waals surface area contributed by atoms with E-state index < -0.39 is 28.3 Å². The standard InChI is InChI=1S/C16H13F3N2O5/c1-9(22)20-12-7-15(14(25-2)8-13(12)21(23)24)26-11-5-3-4-10(6-11)16(17,18)19/h3-8H,1-2H3,(H,20,22). The van der Waals surface area contributed by atoms with E-state index in [-0.39, 0.29) is 22.9 Å². The second kappa shape index (κ2) is 7.30. The summed E-state index contributed by atoms with van der Waals surface area (Å²) < 4.78 is 48.8. The summed E-state index contributed by atoms with van der Waals surface area (Å²) in [5.74, 6) is -0.895. The van der Waals surface area contributed by atoms with Crippen molar-refractivity contribution < 1.29 is 32.4 Å². The number of hydrogen-bond donors (Lipinski definition) is 1. The average Bonchev–Trinajstić information content (AvgIpc) is 2.53. The number of alkyl halides is 3. The van der Waals surface area contributed by atoms with Crippen molar-refractivity contribution in [2.75, 3.05) is 12.4 Å². The van der Waals surface area contributed by atoms with Crippen molar-refractivity contribution in [2.45, 2.75) is 13.1 Å². The van der Waals surface area contributed by atoms with Crippen molar-refractivity contribution >= 4 is 17.3 Å². The minimum Gasteiger partial charge on any atom is -0.493 e. The van der Waals surface area contributed by atoms with Gasteiger partial charge in [-0.05, 0) is 18.2 Å². The molecule has 1 N–H and O–H groups in total. The second-order valence-corrected chi connectivity index (χ2v) is 5.09. The number of methoxy groups -OCH3 is 1. The molecule has 0 heterocycles. The Kier molecular flexibility index (Phi) is 5.34. The van der Waals surface area contributed by atoms with Crippen molar-refractivity contribution in [1.82, 2.24) is 0 Å². The molecule has 0 saturated carbocycles. The van der Waals surface area contributed by atoms with Crippen LogP contribution in [-0.4, -0.2) is 17.9 Å². The number of carbonyl (C=O) groups excluding carboxylic acids is 1. The maximum absolute atomic E-state index is 12.8. The van der Waals surface area contributed by atoms with E-state index in [0.29, 0.717) is 0 Å². The van der Waals surface area contributed by atoms with E-state index in [9.17, 15) is 28.1 Å². The predicted molar refractivity (Wildman–Crippen MR) is 85.5 cm³/mol. The summed E-state index contributed by atoms with van der Waals surface area (Å²) in [6.07, 6.45) is -4.56. The summed E-state index contributed by atoms with van der Waals surface area (Å²) in [5.41, 5.74) is -1.54. The summed E-state index contributed by atoms with van der Waals surface area (Å²) >= 11 is 0. The van der Waals surface area contributed by atoms with Gasteiger partial charge in [-0.25, -0.2) is 0 Å². The highest BCUT2D eigenvalue weighted by atomic mass is 19.4. The summed E-state index contributed by atoms with van der Waals surface area (Å²) in [5, 5.41) is 13.4. The van der Waals surface area contributed by atoms with Gasteiger partial charge in [-0.15, -0.1) is 0 Å². The van der Waals surface area contributed by atoms with E-state index >= 15 is 0 Å². The van der Waals surface area contributed by atoms with Gasteiger partial charge in [0.15, 0.2) is 11.5 Å². The highest BCUT2D eigenvalue weighted by Gasteiger charge is 2.31. The van der Waals surface area contributed by atoms with Crippen molar-refractivity contribution in [3.05, 3.63) is 52.1 Å². The lowest BCUT2D eigenvalue weighted by atomic mass is 10.2. The number of nitrogens with one attached hydrogen (secondary N) is 1. The van der Waals surface area contributed by atoms with Crippen LogP contribution in [0.1, 0.15) is 12.5 Å². The lowest BCUT2D eigenvalue weighted by molar-refractivity contribution is -0.384. The highest BCUT2D eigenvalue weighted by molar-refractivity contribution is 5.92. The average molecular weight is 370 g/mol. The van der Waals surface area contributed by atoms with Crippen molar-refractivity contribution in [3.8, 4) is 17.2 Å². The summed E-state index contributed by atoms with van der Waals surface area (Å²) in [6, 6.07) is 6.22. The molecule has 0 unspecified atom stereocenters. The third-order valence-electron chi connectivity index (χ3n) is 3.18. The zero-order valence-electron chi connectivity index (χ0n) is 13.6. The predicted octanol–water partition coefficient (Wildman–Crippen LogP) is 4.37. The maximum atomic E-state index is 12.8. The van der Waals surface area contributed by atoms with Crippen LogP contribution in [0.2, 0.25) is 0 Å². The van der Waals surface area contributed by atoms with Crippen LogP contribution in [-0.2, 0) is 11.0 Å². The van der Waals surface area contributed by atoms with E-state index in [0.717, 1.165) is 37.3 Å². The summed E-state index contributed by atoms with van der Waals surface area (Å²) in [7, 11) is 1.22. The largest absolute Gasteiger partial charge is 0.493 e. The lowest BCUT2D eigenvalue weighted by Gasteiger charge is -2.14. The third kappa shape index (κ3) is 4.41. The Hall–Kier alpha value is -3.30. The molecule has 2 aromatic rings. The number of ether oxygens (including phenoxy) is 2. The zero-order chi connectivity index (χ0) is 19.5. The highest BCUT2D eigenvalue weighted by Crippen LogP contribution is 2.41. The molecule has 10 heteroatoms. The number of anilines is 1. The molecule has 0 spiro atoms. The lowest BCUT2D eigenvalue weighted by Crippen LogP contribution is -2.08. The first-order valence-electron chi connectivity index (χ1n) is 7.11. The molecule has 0 bridgehead atoms. The fraction of sp³-hybridized carbons (Fsp3) is 0.188. The molecule has 0 atom stereocenters. The summed E-state index contributed by atoms with van der Waals surface area (Å²) in [4.78, 5) is 21.6. The van der Waals surface area contributed by atoms with Gasteiger partial charge in [0.25, 0.3) is 5.69 Å². The zero-order valence-corrected chi connectivity index (χ0v) is 13.6. The fourth-order valence-corrected chi connectivity index (χ4v) is 2.09. The molecule has 0 fully saturated rings. The number of amides is 1. The molecule has 0 aromatic heterocycles. The Labute approximate surface area is 145 Å². The van der Waals surface area contributed by atoms with Gasteiger partial charge in [0.05, 0.1) is 23.7 Å². The quantitative estimate of drug-likeness (QED) is 0.623. The Balaban J connectivity index is 2.48. The van der Waals surface area contributed by atoms with Gasteiger partial charge in [-0.3, -0.25) is 14.9 Å². The maximum Gasteiger partial charge on any atom is 0.416 e. The van der Waals surface area contributed by atoms with Gasteiger partial charge in [0.1, 0.15) is 11.4 Å². The Morgan fingerprint density at radius 2 is 1.88 bits per heavy atom. The monoisotopic (exact) mass is 370 g/mol. The number of nitrogens with zero attached hydrogens (tertiary/aromatic N) is 1. The van der Waals surface area contributed by atoms with Crippen molar-refractivity contribution in [2.24, 2.45) is 0 Å². The van der Waals surface area contributed by atoms with Gasteiger partial charge in [-0.1, -0.05) is 6.07 Å². The molecule has 0 aliphatic rings. The normalized spacial score (nSPS) is 11.0. The Bertz CT molecular complexity index is 852. The van der Waals surface area contributed by atoms with Gasteiger partial charge in [0.2, 0.25) is 5.91 Å². The molecule has 7 nitrogen and oxygen atoms in total. The molecule has 26 heavy (non-hydrogen) atoms. The SMILES string of the molecule is COc1cc([N+](=O)[O-])c(NC(C)=O)cc1Oc1cccc(C(F)(F)F)c1. The van der Waals surface area contributed by atoms with E-state index in [1.54, 1.807) is 0 Å². The minimum atomic E-state index is -4.56. The van der Waals surface area contributed by atoms with Gasteiger partial charge in [0, 0.05) is 13.0 Å². The third-order valence-corrected chi connectivity index (χ3v) is 3.18. The van der Waals surface area contributed by atoms with Crippen molar-refractivity contribution in [1.29, 1.82) is 0 Å². The fourth-order valence-electron chi connectivity index (χ4n) is 2.09. The molecular formula is C16H13F3N2O5. The van der Waals surface area contributed by atoms with E-state index in [2.05, 4.69) is 5.32 Å². The van der Waals surface area contributed by atoms with Crippen LogP contribution in [0.25, 0.3) is 0 Å². The van der Waals surface area contributed by atoms with E-state index in [1.807, 2.05) is 0 Å². The molecule has 0 aliphatic carbocycles. The second-order valence-electron chi connectivity index (χ2n) is 5.09. The number of carbonyl (C=O) groups is 1. The smallest absolute Gasteiger partial charge is 0.416 e. The number of nitro benzene ring substituents is 1. The molecule has 0 saturated heterocycles. The van der Waals surface area contributed by atoms with Gasteiger partial charge >= 0.3 is 6.18 Å². The number of hydrogen-bond acceptors (Lipinski definition) is 5. The van der Waals surface area contributed by atoms with Crippen LogP contribution < -0.4 is 14.8 Å². The number of halogens is 3. The van der Waals surface area contributed by atoms with E-state index in [4.69, 9.17) is 9.47 Å². The van der Waals surface area contributed by atoms with Crippen LogP contribution in [0.5, 0.6) is 17.2 Å². The van der Waals surface area contributed by atoms with Crippen LogP contribution in [0.15, 0.2) is 36.4 Å². The molecule has 2 aromatic carbocycles. The van der Waals surface area contributed by atoms with Crippen molar-refractivity contribution in [3.63, 3.8) is 0 Å². The van der Waals surface area contributed by atoms with Crippen LogP contribution in [0.4, 0.5) is 24.5 Å². The van der Waals surface area contributed by atoms with Crippen LogP contribution in [0.3, 0.4) is 0 Å². The Morgan fingerprint density at radius 1 is 1.19 bits per heavy atom. The molecule has 138 valence electrons. The van der Waals surface area contributed by atoms with Gasteiger partial charge in [-0.2, -0.15) is 13.2 Å². The molecular weight excluding hydrogens is 357 g/mol. The minimum absolute atomic E-state index is 0.0804. The number of nitro groups is 1. The first kappa shape index (κ1) is 19.0. The molecule has 2 rings (SSSR count). The van der Waals surface area contributed by atoms with Gasteiger partial charge < -0.3 is 14.8 Å². The van der Waals surface area contributed by atoms with Crippen LogP contribution >= 0.6 is 0 Å². The first-order chi connectivity index (χ1) is 12.1. The number of rotatable bonds is 5. The van der Waals surface area contributed by atoms with Crippen LogP contribution in [0, 0.1) is 10.1 Å². The first-order valence-corrected chi connectivity index (χ1v) is 7.11. The van der Waals surface area contributed by atoms with E-state index in [1.165, 1.54) is 13.2 Å². The topological polar surface area (TPSA) is 90.7 Å². The molecule has 0 radical (unpaired) electrons.